The second-order valence-electron chi connectivity index (χ2n) is 2.95. The molecule has 0 N–H and O–H groups in total. The summed E-state index contributed by atoms with van der Waals surface area (Å²) in [6.07, 6.45) is 2.99. The van der Waals surface area contributed by atoms with Gasteiger partial charge in [-0.3, -0.25) is 0 Å². The molecule has 0 aliphatic carbocycles. The van der Waals surface area contributed by atoms with Gasteiger partial charge in [-0.05, 0) is 28.5 Å². The van der Waals surface area contributed by atoms with Gasteiger partial charge in [0.25, 0.3) is 4.73 Å². The molecule has 0 saturated carbocycles. The number of nitro groups is 1. The number of aromatic nitrogens is 3. The summed E-state index contributed by atoms with van der Waals surface area (Å²) in [5.41, 5.74) is 0. The third-order valence-corrected chi connectivity index (χ3v) is 2.71. The SMILES string of the molecule is O=[N+]([O-])c1nc(Br)n(CCCCCS)n1. The molecule has 0 aliphatic heterocycles. The van der Waals surface area contributed by atoms with Gasteiger partial charge in [-0.25, -0.2) is 0 Å². The third kappa shape index (κ3) is 3.78. The van der Waals surface area contributed by atoms with Crippen LogP contribution in [0.5, 0.6) is 0 Å². The minimum Gasteiger partial charge on any atom is -0.390 e. The van der Waals surface area contributed by atoms with Crippen LogP contribution in [0.25, 0.3) is 0 Å². The van der Waals surface area contributed by atoms with E-state index in [9.17, 15) is 10.1 Å². The zero-order chi connectivity index (χ0) is 11.3. The molecule has 15 heavy (non-hydrogen) atoms. The molecule has 0 unspecified atom stereocenters. The number of thiol groups is 1. The summed E-state index contributed by atoms with van der Waals surface area (Å²) in [6, 6.07) is 0. The van der Waals surface area contributed by atoms with Gasteiger partial charge in [0.2, 0.25) is 0 Å². The van der Waals surface area contributed by atoms with E-state index in [2.05, 4.69) is 38.6 Å². The molecule has 1 heterocycles. The van der Waals surface area contributed by atoms with Crippen molar-refractivity contribution in [1.82, 2.24) is 14.8 Å². The summed E-state index contributed by atoms with van der Waals surface area (Å²) < 4.78 is 1.90. The molecule has 1 aromatic rings. The maximum atomic E-state index is 10.4. The highest BCUT2D eigenvalue weighted by atomic mass is 79.9. The number of aryl methyl sites for hydroxylation is 1. The Balaban J connectivity index is 2.50. The van der Waals surface area contributed by atoms with Crippen LogP contribution in [0.2, 0.25) is 0 Å². The predicted octanol–water partition coefficient (Wildman–Crippen LogP) is 2.05. The van der Waals surface area contributed by atoms with Gasteiger partial charge >= 0.3 is 5.95 Å². The first kappa shape index (κ1) is 12.4. The molecule has 0 aliphatic rings. The Kier molecular flexibility index (Phi) is 5.03. The summed E-state index contributed by atoms with van der Waals surface area (Å²) >= 11 is 7.22. The van der Waals surface area contributed by atoms with Crippen LogP contribution in [-0.4, -0.2) is 25.4 Å². The zero-order valence-electron chi connectivity index (χ0n) is 7.97. The van der Waals surface area contributed by atoms with Crippen LogP contribution in [0.3, 0.4) is 0 Å². The highest BCUT2D eigenvalue weighted by Gasteiger charge is 2.18. The number of hydrogen-bond donors (Lipinski definition) is 1. The van der Waals surface area contributed by atoms with Gasteiger partial charge in [0.15, 0.2) is 0 Å². The van der Waals surface area contributed by atoms with Gasteiger partial charge in [0.05, 0.1) is 6.54 Å². The predicted molar refractivity (Wildman–Crippen MR) is 62.1 cm³/mol. The lowest BCUT2D eigenvalue weighted by atomic mass is 10.2. The molecule has 8 heteroatoms. The lowest BCUT2D eigenvalue weighted by Crippen LogP contribution is -2.01. The van der Waals surface area contributed by atoms with Crippen LogP contribution in [0.1, 0.15) is 19.3 Å². The molecule has 0 radical (unpaired) electrons. The topological polar surface area (TPSA) is 73.8 Å². The Labute approximate surface area is 101 Å². The molecule has 1 rings (SSSR count). The number of nitrogens with zero attached hydrogens (tertiary/aromatic N) is 4. The summed E-state index contributed by atoms with van der Waals surface area (Å²) in [4.78, 5) is 13.4. The second kappa shape index (κ2) is 6.06. The molecule has 0 atom stereocenters. The Morgan fingerprint density at radius 2 is 2.20 bits per heavy atom. The van der Waals surface area contributed by atoms with E-state index in [-0.39, 0.29) is 5.95 Å². The van der Waals surface area contributed by atoms with Crippen LogP contribution in [0.15, 0.2) is 4.73 Å². The molecule has 0 amide bonds. The summed E-state index contributed by atoms with van der Waals surface area (Å²) in [7, 11) is 0. The van der Waals surface area contributed by atoms with Gasteiger partial charge < -0.3 is 10.1 Å². The number of halogens is 1. The monoisotopic (exact) mass is 294 g/mol. The molecule has 0 bridgehead atoms. The molecule has 1 aromatic heterocycles. The molecular formula is C7H11BrN4O2S. The minimum atomic E-state index is -0.602. The number of rotatable bonds is 6. The van der Waals surface area contributed by atoms with Gasteiger partial charge in [-0.15, -0.1) is 0 Å². The van der Waals surface area contributed by atoms with Crippen molar-refractivity contribution in [2.24, 2.45) is 0 Å². The van der Waals surface area contributed by atoms with Crippen LogP contribution < -0.4 is 0 Å². The van der Waals surface area contributed by atoms with Crippen molar-refractivity contribution < 1.29 is 4.92 Å². The summed E-state index contributed by atoms with van der Waals surface area (Å²) in [6.45, 7) is 0.634. The van der Waals surface area contributed by atoms with E-state index < -0.39 is 4.92 Å². The third-order valence-electron chi connectivity index (χ3n) is 1.81. The number of unbranched alkanes of at least 4 members (excludes halogenated alkanes) is 2. The fourth-order valence-corrected chi connectivity index (χ4v) is 1.72. The Morgan fingerprint density at radius 3 is 2.73 bits per heavy atom. The van der Waals surface area contributed by atoms with Crippen molar-refractivity contribution in [3.63, 3.8) is 0 Å². The van der Waals surface area contributed by atoms with Gasteiger partial charge in [-0.1, -0.05) is 6.42 Å². The molecule has 0 saturated heterocycles. The van der Waals surface area contributed by atoms with E-state index in [1.54, 1.807) is 0 Å². The summed E-state index contributed by atoms with van der Waals surface area (Å²) in [5.74, 6) is 0.495. The fourth-order valence-electron chi connectivity index (χ4n) is 1.08. The number of hydrogen-bond acceptors (Lipinski definition) is 5. The van der Waals surface area contributed by atoms with Crippen molar-refractivity contribution in [2.45, 2.75) is 25.8 Å². The van der Waals surface area contributed by atoms with Crippen molar-refractivity contribution in [3.8, 4) is 0 Å². The first-order chi connectivity index (χ1) is 7.15. The summed E-state index contributed by atoms with van der Waals surface area (Å²) in [5, 5.41) is 14.1. The maximum absolute atomic E-state index is 10.4. The standard InChI is InChI=1S/C7H11BrN4O2S/c8-6-9-7(12(13)14)10-11(6)4-2-1-3-5-15/h15H,1-5H2. The Morgan fingerprint density at radius 1 is 1.47 bits per heavy atom. The highest BCUT2D eigenvalue weighted by Crippen LogP contribution is 2.13. The van der Waals surface area contributed by atoms with E-state index in [1.165, 1.54) is 4.68 Å². The average molecular weight is 295 g/mol. The lowest BCUT2D eigenvalue weighted by molar-refractivity contribution is -0.394. The molecule has 0 aromatic carbocycles. The molecular weight excluding hydrogens is 284 g/mol. The van der Waals surface area contributed by atoms with Crippen LogP contribution in [0.4, 0.5) is 5.95 Å². The van der Waals surface area contributed by atoms with Gasteiger partial charge in [0.1, 0.15) is 0 Å². The molecule has 0 fully saturated rings. The van der Waals surface area contributed by atoms with Crippen molar-refractivity contribution >= 4 is 34.5 Å². The van der Waals surface area contributed by atoms with Crippen molar-refractivity contribution in [2.75, 3.05) is 5.75 Å². The van der Waals surface area contributed by atoms with Crippen LogP contribution in [-0.2, 0) is 6.54 Å². The largest absolute Gasteiger partial charge is 0.492 e. The van der Waals surface area contributed by atoms with Crippen molar-refractivity contribution in [3.05, 3.63) is 14.8 Å². The van der Waals surface area contributed by atoms with E-state index in [1.807, 2.05) is 0 Å². The highest BCUT2D eigenvalue weighted by molar-refractivity contribution is 9.10. The Bertz CT molecular complexity index is 344. The normalized spacial score (nSPS) is 10.5. The first-order valence-electron chi connectivity index (χ1n) is 4.50. The van der Waals surface area contributed by atoms with Crippen molar-refractivity contribution in [1.29, 1.82) is 0 Å². The zero-order valence-corrected chi connectivity index (χ0v) is 10.4. The van der Waals surface area contributed by atoms with E-state index >= 15 is 0 Å². The van der Waals surface area contributed by atoms with E-state index in [4.69, 9.17) is 0 Å². The van der Waals surface area contributed by atoms with Gasteiger partial charge in [0, 0.05) is 21.0 Å². The lowest BCUT2D eigenvalue weighted by Gasteiger charge is -1.96. The van der Waals surface area contributed by atoms with Crippen LogP contribution in [0, 0.1) is 10.1 Å². The Hall–Kier alpha value is -0.630. The maximum Gasteiger partial charge on any atom is 0.492 e. The fraction of sp³-hybridized carbons (Fsp3) is 0.714. The van der Waals surface area contributed by atoms with E-state index in [0.717, 1.165) is 25.0 Å². The van der Waals surface area contributed by atoms with Gasteiger partial charge in [-0.2, -0.15) is 17.3 Å². The molecule has 0 spiro atoms. The van der Waals surface area contributed by atoms with Crippen LogP contribution >= 0.6 is 28.6 Å². The smallest absolute Gasteiger partial charge is 0.390 e. The average Bonchev–Trinajstić information content (AvgIpc) is 2.55. The molecule has 6 nitrogen and oxygen atoms in total. The second-order valence-corrected chi connectivity index (χ2v) is 4.10. The van der Waals surface area contributed by atoms with E-state index in [0.29, 0.717) is 11.3 Å². The quantitative estimate of drug-likeness (QED) is 0.377. The minimum absolute atomic E-state index is 0.365. The first-order valence-corrected chi connectivity index (χ1v) is 5.93. The molecule has 84 valence electrons.